The summed E-state index contributed by atoms with van der Waals surface area (Å²) < 4.78 is 17.8. The van der Waals surface area contributed by atoms with E-state index < -0.39 is 5.97 Å². The standard InChI is InChI=1S/C18H22N2O4/c1-5-23-16-12-13(7-8-15(16)22-4)11-14(18(21)24-6-2)17-19-9-10-20(17)3/h7-12H,5-6H2,1-4H3/b14-11-. The number of carbonyl (C=O) groups is 1. The minimum absolute atomic E-state index is 0.299. The van der Waals surface area contributed by atoms with E-state index in [-0.39, 0.29) is 0 Å². The van der Waals surface area contributed by atoms with Gasteiger partial charge in [-0.05, 0) is 37.6 Å². The molecule has 0 aliphatic carbocycles. The Bertz CT molecular complexity index is 734. The number of methoxy groups -OCH3 is 1. The highest BCUT2D eigenvalue weighted by Crippen LogP contribution is 2.30. The maximum Gasteiger partial charge on any atom is 0.341 e. The van der Waals surface area contributed by atoms with Gasteiger partial charge in [0.2, 0.25) is 0 Å². The van der Waals surface area contributed by atoms with Gasteiger partial charge in [-0.25, -0.2) is 9.78 Å². The summed E-state index contributed by atoms with van der Waals surface area (Å²) in [6.07, 6.45) is 5.16. The predicted molar refractivity (Wildman–Crippen MR) is 91.9 cm³/mol. The molecule has 0 saturated carbocycles. The van der Waals surface area contributed by atoms with Crippen LogP contribution in [0.25, 0.3) is 11.6 Å². The van der Waals surface area contributed by atoms with Gasteiger partial charge in [0.15, 0.2) is 11.5 Å². The number of benzene rings is 1. The number of nitrogens with zero attached hydrogens (tertiary/aromatic N) is 2. The first-order valence-electron chi connectivity index (χ1n) is 7.78. The van der Waals surface area contributed by atoms with Crippen LogP contribution < -0.4 is 9.47 Å². The lowest BCUT2D eigenvalue weighted by molar-refractivity contribution is -0.136. The maximum atomic E-state index is 12.3. The molecule has 0 saturated heterocycles. The molecule has 0 unspecified atom stereocenters. The first-order valence-corrected chi connectivity index (χ1v) is 7.78. The van der Waals surface area contributed by atoms with Crippen LogP contribution in [-0.4, -0.2) is 35.8 Å². The summed E-state index contributed by atoms with van der Waals surface area (Å²) in [7, 11) is 3.42. The van der Waals surface area contributed by atoms with Crippen LogP contribution in [0.5, 0.6) is 11.5 Å². The van der Waals surface area contributed by atoms with Crippen LogP contribution >= 0.6 is 0 Å². The Labute approximate surface area is 141 Å². The molecular formula is C18H22N2O4. The lowest BCUT2D eigenvalue weighted by atomic mass is 10.1. The lowest BCUT2D eigenvalue weighted by Crippen LogP contribution is -2.10. The molecule has 0 N–H and O–H groups in total. The minimum atomic E-state index is -0.416. The van der Waals surface area contributed by atoms with Gasteiger partial charge in [-0.1, -0.05) is 6.07 Å². The zero-order valence-corrected chi connectivity index (χ0v) is 14.4. The first kappa shape index (κ1) is 17.6. The van der Waals surface area contributed by atoms with E-state index in [0.717, 1.165) is 5.56 Å². The zero-order valence-electron chi connectivity index (χ0n) is 14.4. The van der Waals surface area contributed by atoms with Crippen molar-refractivity contribution in [2.75, 3.05) is 20.3 Å². The Morgan fingerprint density at radius 3 is 2.62 bits per heavy atom. The van der Waals surface area contributed by atoms with Gasteiger partial charge in [-0.15, -0.1) is 0 Å². The molecule has 1 aromatic carbocycles. The summed E-state index contributed by atoms with van der Waals surface area (Å²) in [5.74, 6) is 1.39. The molecule has 128 valence electrons. The molecule has 0 fully saturated rings. The highest BCUT2D eigenvalue weighted by atomic mass is 16.5. The highest BCUT2D eigenvalue weighted by molar-refractivity contribution is 6.20. The van der Waals surface area contributed by atoms with Gasteiger partial charge in [0.1, 0.15) is 11.4 Å². The average Bonchev–Trinajstić information content (AvgIpc) is 2.99. The third-order valence-electron chi connectivity index (χ3n) is 3.36. The Hall–Kier alpha value is -2.76. The minimum Gasteiger partial charge on any atom is -0.493 e. The van der Waals surface area contributed by atoms with E-state index in [4.69, 9.17) is 14.2 Å². The van der Waals surface area contributed by atoms with E-state index in [0.29, 0.717) is 36.1 Å². The predicted octanol–water partition coefficient (Wildman–Crippen LogP) is 2.93. The van der Waals surface area contributed by atoms with Crippen molar-refractivity contribution in [3.8, 4) is 11.5 Å². The summed E-state index contributed by atoms with van der Waals surface area (Å²) >= 11 is 0. The summed E-state index contributed by atoms with van der Waals surface area (Å²) in [5, 5.41) is 0. The molecule has 1 heterocycles. The smallest absolute Gasteiger partial charge is 0.341 e. The molecule has 0 spiro atoms. The second-order valence-corrected chi connectivity index (χ2v) is 4.98. The molecule has 1 aromatic heterocycles. The molecule has 2 aromatic rings. The van der Waals surface area contributed by atoms with Crippen LogP contribution in [-0.2, 0) is 16.6 Å². The summed E-state index contributed by atoms with van der Waals surface area (Å²) in [6.45, 7) is 4.50. The monoisotopic (exact) mass is 330 g/mol. The topological polar surface area (TPSA) is 62.6 Å². The van der Waals surface area contributed by atoms with Crippen molar-refractivity contribution in [1.82, 2.24) is 9.55 Å². The fourth-order valence-corrected chi connectivity index (χ4v) is 2.27. The van der Waals surface area contributed by atoms with Crippen LogP contribution in [0.2, 0.25) is 0 Å². The molecule has 0 bridgehead atoms. The molecule has 0 atom stereocenters. The summed E-state index contributed by atoms with van der Waals surface area (Å²) in [6, 6.07) is 5.48. The number of ether oxygens (including phenoxy) is 3. The van der Waals surface area contributed by atoms with Gasteiger partial charge < -0.3 is 18.8 Å². The van der Waals surface area contributed by atoms with Crippen molar-refractivity contribution in [3.63, 3.8) is 0 Å². The molecule has 6 heteroatoms. The molecule has 2 rings (SSSR count). The number of carbonyl (C=O) groups excluding carboxylic acids is 1. The first-order chi connectivity index (χ1) is 11.6. The van der Waals surface area contributed by atoms with Crippen molar-refractivity contribution in [1.29, 1.82) is 0 Å². The average molecular weight is 330 g/mol. The van der Waals surface area contributed by atoms with E-state index in [9.17, 15) is 4.79 Å². The Morgan fingerprint density at radius 1 is 1.25 bits per heavy atom. The molecular weight excluding hydrogens is 308 g/mol. The van der Waals surface area contributed by atoms with Crippen LogP contribution in [0.4, 0.5) is 0 Å². The Morgan fingerprint density at radius 2 is 2.04 bits per heavy atom. The number of aromatic nitrogens is 2. The maximum absolute atomic E-state index is 12.3. The van der Waals surface area contributed by atoms with Gasteiger partial charge in [-0.2, -0.15) is 0 Å². The summed E-state index contributed by atoms with van der Waals surface area (Å²) in [5.41, 5.74) is 1.18. The van der Waals surface area contributed by atoms with E-state index >= 15 is 0 Å². The Balaban J connectivity index is 2.48. The molecule has 6 nitrogen and oxygen atoms in total. The number of rotatable bonds is 7. The van der Waals surface area contributed by atoms with E-state index in [1.807, 2.05) is 26.1 Å². The van der Waals surface area contributed by atoms with Gasteiger partial charge in [-0.3, -0.25) is 0 Å². The summed E-state index contributed by atoms with van der Waals surface area (Å²) in [4.78, 5) is 16.6. The number of aryl methyl sites for hydroxylation is 1. The van der Waals surface area contributed by atoms with Gasteiger partial charge in [0.25, 0.3) is 0 Å². The number of hydrogen-bond donors (Lipinski definition) is 0. The molecule has 0 amide bonds. The van der Waals surface area contributed by atoms with Crippen LogP contribution in [0.15, 0.2) is 30.6 Å². The van der Waals surface area contributed by atoms with Crippen molar-refractivity contribution >= 4 is 17.6 Å². The van der Waals surface area contributed by atoms with Gasteiger partial charge in [0, 0.05) is 19.4 Å². The largest absolute Gasteiger partial charge is 0.493 e. The number of hydrogen-bond acceptors (Lipinski definition) is 5. The van der Waals surface area contributed by atoms with Crippen LogP contribution in [0.1, 0.15) is 25.2 Å². The lowest BCUT2D eigenvalue weighted by Gasteiger charge is -2.11. The fourth-order valence-electron chi connectivity index (χ4n) is 2.27. The van der Waals surface area contributed by atoms with E-state index in [2.05, 4.69) is 4.98 Å². The van der Waals surface area contributed by atoms with Crippen molar-refractivity contribution in [2.24, 2.45) is 7.05 Å². The SMILES string of the molecule is CCOC(=O)/C(=C\c1ccc(OC)c(OCC)c1)c1nccn1C. The van der Waals surface area contributed by atoms with Crippen LogP contribution in [0.3, 0.4) is 0 Å². The van der Waals surface area contributed by atoms with Gasteiger partial charge >= 0.3 is 5.97 Å². The second kappa shape index (κ2) is 8.19. The van der Waals surface area contributed by atoms with Crippen molar-refractivity contribution in [2.45, 2.75) is 13.8 Å². The van der Waals surface area contributed by atoms with E-state index in [1.165, 1.54) is 0 Å². The number of imidazole rings is 1. The Kier molecular flexibility index (Phi) is 6.01. The molecule has 0 radical (unpaired) electrons. The van der Waals surface area contributed by atoms with Gasteiger partial charge in [0.05, 0.1) is 20.3 Å². The quantitative estimate of drug-likeness (QED) is 0.577. The normalized spacial score (nSPS) is 11.2. The van der Waals surface area contributed by atoms with Crippen LogP contribution in [0, 0.1) is 0 Å². The third kappa shape index (κ3) is 3.95. The molecule has 0 aliphatic rings. The number of esters is 1. The second-order valence-electron chi connectivity index (χ2n) is 4.98. The molecule has 24 heavy (non-hydrogen) atoms. The van der Waals surface area contributed by atoms with Crippen molar-refractivity contribution in [3.05, 3.63) is 42.0 Å². The highest BCUT2D eigenvalue weighted by Gasteiger charge is 2.18. The zero-order chi connectivity index (χ0) is 17.5. The third-order valence-corrected chi connectivity index (χ3v) is 3.36. The van der Waals surface area contributed by atoms with Crippen molar-refractivity contribution < 1.29 is 19.0 Å². The molecule has 0 aliphatic heterocycles. The van der Waals surface area contributed by atoms with E-state index in [1.54, 1.807) is 43.1 Å². The fraction of sp³-hybridized carbons (Fsp3) is 0.333.